The van der Waals surface area contributed by atoms with E-state index in [0.717, 1.165) is 16.5 Å². The van der Waals surface area contributed by atoms with E-state index in [1.54, 1.807) is 43.0 Å². The maximum absolute atomic E-state index is 12.7. The standard InChI is InChI=1S/C19H18ClN2O3/c1-22-15-8-9-17(25-2)18(20)13(15)10-16(22)19(24)21-14(11-23)12-6-4-3-5-7-12/h3-4,6-10,14,23H,11H2,1-2H3,(H,21,24)/t14-/m1/s1. The van der Waals surface area contributed by atoms with Gasteiger partial charge in [-0.25, -0.2) is 0 Å². The van der Waals surface area contributed by atoms with Crippen molar-refractivity contribution in [3.63, 3.8) is 0 Å². The summed E-state index contributed by atoms with van der Waals surface area (Å²) >= 11 is 6.35. The number of hydrogen-bond acceptors (Lipinski definition) is 3. The van der Waals surface area contributed by atoms with Crippen LogP contribution in [0.5, 0.6) is 5.75 Å². The lowest BCUT2D eigenvalue weighted by Crippen LogP contribution is -2.31. The number of aryl methyl sites for hydroxylation is 1. The number of hydrogen-bond donors (Lipinski definition) is 2. The molecule has 6 heteroatoms. The molecule has 0 aliphatic heterocycles. The second-order valence-electron chi connectivity index (χ2n) is 5.65. The highest BCUT2D eigenvalue weighted by atomic mass is 35.5. The lowest BCUT2D eigenvalue weighted by Gasteiger charge is -2.16. The Hall–Kier alpha value is -2.50. The monoisotopic (exact) mass is 357 g/mol. The van der Waals surface area contributed by atoms with Crippen LogP contribution in [0, 0.1) is 6.07 Å². The number of nitrogens with zero attached hydrogens (tertiary/aromatic N) is 1. The molecule has 0 bridgehead atoms. The molecule has 2 aromatic carbocycles. The van der Waals surface area contributed by atoms with Crippen molar-refractivity contribution < 1.29 is 14.6 Å². The van der Waals surface area contributed by atoms with Crippen molar-refractivity contribution in [3.05, 3.63) is 64.8 Å². The zero-order valence-electron chi connectivity index (χ0n) is 13.9. The van der Waals surface area contributed by atoms with E-state index >= 15 is 0 Å². The maximum Gasteiger partial charge on any atom is 0.268 e. The molecule has 25 heavy (non-hydrogen) atoms. The fourth-order valence-electron chi connectivity index (χ4n) is 2.82. The average molecular weight is 358 g/mol. The molecule has 0 fully saturated rings. The maximum atomic E-state index is 12.7. The van der Waals surface area contributed by atoms with Crippen molar-refractivity contribution in [3.8, 4) is 5.75 Å². The number of methoxy groups -OCH3 is 1. The van der Waals surface area contributed by atoms with Gasteiger partial charge in [0.15, 0.2) is 0 Å². The Bertz CT molecular complexity index is 906. The van der Waals surface area contributed by atoms with Crippen LogP contribution in [0.25, 0.3) is 10.9 Å². The summed E-state index contributed by atoms with van der Waals surface area (Å²) in [5, 5.41) is 13.7. The quantitative estimate of drug-likeness (QED) is 0.737. The van der Waals surface area contributed by atoms with E-state index < -0.39 is 6.04 Å². The van der Waals surface area contributed by atoms with Gasteiger partial charge in [-0.3, -0.25) is 4.79 Å². The molecule has 0 saturated heterocycles. The van der Waals surface area contributed by atoms with E-state index in [1.165, 1.54) is 0 Å². The first-order valence-electron chi connectivity index (χ1n) is 7.76. The van der Waals surface area contributed by atoms with Gasteiger partial charge in [-0.05, 0) is 35.9 Å². The summed E-state index contributed by atoms with van der Waals surface area (Å²) in [5.74, 6) is 0.261. The van der Waals surface area contributed by atoms with Crippen LogP contribution in [0.1, 0.15) is 22.1 Å². The van der Waals surface area contributed by atoms with Crippen molar-refractivity contribution in [1.82, 2.24) is 9.88 Å². The number of rotatable bonds is 5. The van der Waals surface area contributed by atoms with Crippen LogP contribution in [0.2, 0.25) is 5.02 Å². The number of aliphatic hydroxyl groups excluding tert-OH is 1. The Balaban J connectivity index is 1.94. The Morgan fingerprint density at radius 1 is 1.44 bits per heavy atom. The Labute approximate surface area is 150 Å². The number of carbonyl (C=O) groups excluding carboxylic acids is 1. The topological polar surface area (TPSA) is 63.5 Å². The van der Waals surface area contributed by atoms with Gasteiger partial charge in [0, 0.05) is 12.4 Å². The van der Waals surface area contributed by atoms with Gasteiger partial charge in [-0.2, -0.15) is 0 Å². The largest absolute Gasteiger partial charge is 0.495 e. The molecule has 1 amide bonds. The van der Waals surface area contributed by atoms with Crippen molar-refractivity contribution in [2.24, 2.45) is 7.05 Å². The highest BCUT2D eigenvalue weighted by molar-refractivity contribution is 6.37. The first kappa shape index (κ1) is 17.3. The molecular formula is C19H18ClN2O3. The number of halogens is 1. The van der Waals surface area contributed by atoms with Crippen molar-refractivity contribution in [2.75, 3.05) is 13.7 Å². The first-order chi connectivity index (χ1) is 12.1. The molecule has 2 N–H and O–H groups in total. The molecule has 0 saturated carbocycles. The molecule has 5 nitrogen and oxygen atoms in total. The fourth-order valence-corrected chi connectivity index (χ4v) is 3.11. The normalized spacial score (nSPS) is 12.2. The van der Waals surface area contributed by atoms with E-state index in [4.69, 9.17) is 16.3 Å². The molecule has 0 aliphatic carbocycles. The number of aromatic nitrogens is 1. The zero-order valence-corrected chi connectivity index (χ0v) is 14.7. The highest BCUT2D eigenvalue weighted by Gasteiger charge is 2.20. The summed E-state index contributed by atoms with van der Waals surface area (Å²) < 4.78 is 6.99. The van der Waals surface area contributed by atoms with Crippen LogP contribution < -0.4 is 10.1 Å². The summed E-state index contributed by atoms with van der Waals surface area (Å²) in [4.78, 5) is 12.7. The van der Waals surface area contributed by atoms with Crippen molar-refractivity contribution in [2.45, 2.75) is 6.04 Å². The third-order valence-corrected chi connectivity index (χ3v) is 4.59. The number of aliphatic hydroxyl groups is 1. The zero-order chi connectivity index (χ0) is 18.0. The number of ether oxygens (including phenoxy) is 1. The number of carbonyl (C=O) groups is 1. The molecular weight excluding hydrogens is 340 g/mol. The minimum Gasteiger partial charge on any atom is -0.495 e. The molecule has 0 unspecified atom stereocenters. The van der Waals surface area contributed by atoms with Gasteiger partial charge in [0.2, 0.25) is 0 Å². The Morgan fingerprint density at radius 2 is 2.24 bits per heavy atom. The Morgan fingerprint density at radius 3 is 2.88 bits per heavy atom. The smallest absolute Gasteiger partial charge is 0.268 e. The number of fused-ring (bicyclic) bond motifs is 1. The summed E-state index contributed by atoms with van der Waals surface area (Å²) in [6, 6.07) is 14.9. The third kappa shape index (κ3) is 3.21. The predicted molar refractivity (Wildman–Crippen MR) is 97.1 cm³/mol. The van der Waals surface area contributed by atoms with Gasteiger partial charge in [-0.1, -0.05) is 29.8 Å². The van der Waals surface area contributed by atoms with Gasteiger partial charge in [0.1, 0.15) is 11.4 Å². The fraction of sp³-hybridized carbons (Fsp3) is 0.211. The van der Waals surface area contributed by atoms with Gasteiger partial charge in [0.25, 0.3) is 5.91 Å². The van der Waals surface area contributed by atoms with E-state index in [1.807, 2.05) is 18.2 Å². The minimum absolute atomic E-state index is 0.206. The summed E-state index contributed by atoms with van der Waals surface area (Å²) in [6.45, 7) is -0.206. The van der Waals surface area contributed by atoms with Crippen LogP contribution in [-0.4, -0.2) is 29.3 Å². The molecule has 1 atom stereocenters. The molecule has 3 aromatic rings. The lowest BCUT2D eigenvalue weighted by atomic mass is 10.1. The molecule has 1 aromatic heterocycles. The second kappa shape index (κ2) is 7.17. The Kier molecular flexibility index (Phi) is 4.97. The van der Waals surface area contributed by atoms with E-state index in [0.29, 0.717) is 16.5 Å². The van der Waals surface area contributed by atoms with Gasteiger partial charge in [0.05, 0.1) is 30.3 Å². The average Bonchev–Trinajstić information content (AvgIpc) is 2.98. The molecule has 0 spiro atoms. The number of amides is 1. The van der Waals surface area contributed by atoms with Crippen LogP contribution >= 0.6 is 11.6 Å². The van der Waals surface area contributed by atoms with Crippen molar-refractivity contribution >= 4 is 28.4 Å². The van der Waals surface area contributed by atoms with Crippen LogP contribution in [-0.2, 0) is 7.05 Å². The summed E-state index contributed by atoms with van der Waals surface area (Å²) in [7, 11) is 3.34. The minimum atomic E-state index is -0.507. The van der Waals surface area contributed by atoms with E-state index in [9.17, 15) is 9.90 Å². The predicted octanol–water partition coefficient (Wildman–Crippen LogP) is 3.10. The van der Waals surface area contributed by atoms with Crippen LogP contribution in [0.3, 0.4) is 0 Å². The third-order valence-electron chi connectivity index (χ3n) is 4.20. The first-order valence-corrected chi connectivity index (χ1v) is 8.14. The SMILES string of the molecule is COc1ccc2c(cc(C(=O)N[C@H](CO)c3c[c]ccc3)n2C)c1Cl. The summed E-state index contributed by atoms with van der Waals surface area (Å²) in [6.07, 6.45) is 0. The number of nitrogens with one attached hydrogen (secondary N) is 1. The van der Waals surface area contributed by atoms with E-state index in [-0.39, 0.29) is 12.5 Å². The van der Waals surface area contributed by atoms with E-state index in [2.05, 4.69) is 11.4 Å². The highest BCUT2D eigenvalue weighted by Crippen LogP contribution is 2.34. The number of benzene rings is 2. The summed E-state index contributed by atoms with van der Waals surface area (Å²) in [5.41, 5.74) is 2.06. The molecule has 129 valence electrons. The lowest BCUT2D eigenvalue weighted by molar-refractivity contribution is 0.0908. The molecule has 0 aliphatic rings. The van der Waals surface area contributed by atoms with Crippen molar-refractivity contribution in [1.29, 1.82) is 0 Å². The molecule has 1 heterocycles. The molecule has 1 radical (unpaired) electrons. The molecule has 3 rings (SSSR count). The van der Waals surface area contributed by atoms with Crippen LogP contribution in [0.15, 0.2) is 42.5 Å². The van der Waals surface area contributed by atoms with Crippen LogP contribution in [0.4, 0.5) is 0 Å². The van der Waals surface area contributed by atoms with Gasteiger partial charge >= 0.3 is 0 Å². The van der Waals surface area contributed by atoms with Gasteiger partial charge in [-0.15, -0.1) is 0 Å². The second-order valence-corrected chi connectivity index (χ2v) is 6.03. The van der Waals surface area contributed by atoms with Gasteiger partial charge < -0.3 is 19.7 Å².